The van der Waals surface area contributed by atoms with E-state index < -0.39 is 0 Å². The van der Waals surface area contributed by atoms with Gasteiger partial charge in [0.15, 0.2) is 0 Å². The van der Waals surface area contributed by atoms with E-state index in [1.807, 2.05) is 41.3 Å². The van der Waals surface area contributed by atoms with Crippen molar-refractivity contribution in [1.82, 2.24) is 14.8 Å². The molecule has 1 atom stereocenters. The van der Waals surface area contributed by atoms with E-state index in [1.165, 1.54) is 5.56 Å². The molecule has 1 N–H and O–H groups in total. The van der Waals surface area contributed by atoms with Crippen molar-refractivity contribution in [1.29, 1.82) is 0 Å². The van der Waals surface area contributed by atoms with Gasteiger partial charge in [-0.3, -0.25) is 9.67 Å². The van der Waals surface area contributed by atoms with Crippen LogP contribution in [0.5, 0.6) is 0 Å². The highest BCUT2D eigenvalue weighted by atomic mass is 79.9. The maximum atomic E-state index is 4.44. The van der Waals surface area contributed by atoms with Crippen molar-refractivity contribution >= 4 is 21.6 Å². The number of nitrogens with zero attached hydrogens (tertiary/aromatic N) is 3. The van der Waals surface area contributed by atoms with Crippen molar-refractivity contribution in [3.8, 4) is 0 Å². The molecule has 0 bridgehead atoms. The summed E-state index contributed by atoms with van der Waals surface area (Å²) in [6, 6.07) is 12.5. The maximum absolute atomic E-state index is 4.44. The van der Waals surface area contributed by atoms with Crippen LogP contribution in [-0.4, -0.2) is 14.8 Å². The highest BCUT2D eigenvalue weighted by molar-refractivity contribution is 9.10. The minimum atomic E-state index is 0.167. The number of rotatable bonds is 5. The average Bonchev–Trinajstić information content (AvgIpc) is 2.97. The van der Waals surface area contributed by atoms with E-state index in [9.17, 15) is 0 Å². The molecule has 2 aromatic heterocycles. The normalized spacial score (nSPS) is 12.1. The van der Waals surface area contributed by atoms with Gasteiger partial charge in [0.1, 0.15) is 0 Å². The Kier molecular flexibility index (Phi) is 4.53. The van der Waals surface area contributed by atoms with Gasteiger partial charge in [0.05, 0.1) is 30.7 Å². The Bertz CT molecular complexity index is 739. The molecule has 0 saturated carbocycles. The predicted molar refractivity (Wildman–Crippen MR) is 91.7 cm³/mol. The monoisotopic (exact) mass is 356 g/mol. The molecule has 0 radical (unpaired) electrons. The highest BCUT2D eigenvalue weighted by Gasteiger charge is 2.09. The van der Waals surface area contributed by atoms with Gasteiger partial charge in [-0.2, -0.15) is 5.10 Å². The smallest absolute Gasteiger partial charge is 0.0659 e. The van der Waals surface area contributed by atoms with E-state index in [0.29, 0.717) is 0 Å². The Morgan fingerprint density at radius 2 is 2.00 bits per heavy atom. The Balaban J connectivity index is 1.68. The molecule has 0 aliphatic carbocycles. The first-order valence-corrected chi connectivity index (χ1v) is 7.93. The number of benzene rings is 1. The molecule has 0 fully saturated rings. The second-order valence-corrected chi connectivity index (χ2v) is 6.13. The van der Waals surface area contributed by atoms with Crippen LogP contribution in [0, 0.1) is 0 Å². The van der Waals surface area contributed by atoms with Crippen molar-refractivity contribution in [2.24, 2.45) is 0 Å². The lowest BCUT2D eigenvalue weighted by Gasteiger charge is -2.13. The van der Waals surface area contributed by atoms with Gasteiger partial charge in [-0.1, -0.05) is 30.3 Å². The lowest BCUT2D eigenvalue weighted by Crippen LogP contribution is -2.06. The standard InChI is InChI=1S/C17H17BrN4/c1-13(21-17-7-16(18)9-19-10-17)15-8-20-22(12-15)11-14-5-3-2-4-6-14/h2-10,12-13,21H,11H2,1H3. The lowest BCUT2D eigenvalue weighted by atomic mass is 10.2. The zero-order valence-electron chi connectivity index (χ0n) is 12.3. The predicted octanol–water partition coefficient (Wildman–Crippen LogP) is 4.26. The third kappa shape index (κ3) is 3.74. The molecule has 0 aliphatic heterocycles. The number of halogens is 1. The van der Waals surface area contributed by atoms with Gasteiger partial charge in [-0.15, -0.1) is 0 Å². The summed E-state index contributed by atoms with van der Waals surface area (Å²) in [6.07, 6.45) is 7.57. The van der Waals surface area contributed by atoms with Crippen LogP contribution in [0.1, 0.15) is 24.1 Å². The first-order valence-electron chi connectivity index (χ1n) is 7.14. The van der Waals surface area contributed by atoms with Gasteiger partial charge in [-0.25, -0.2) is 0 Å². The largest absolute Gasteiger partial charge is 0.377 e. The number of aromatic nitrogens is 3. The Labute approximate surface area is 138 Å². The summed E-state index contributed by atoms with van der Waals surface area (Å²) >= 11 is 3.43. The minimum absolute atomic E-state index is 0.167. The molecule has 0 saturated heterocycles. The summed E-state index contributed by atoms with van der Waals surface area (Å²) in [6.45, 7) is 2.90. The van der Waals surface area contributed by atoms with E-state index in [0.717, 1.165) is 22.3 Å². The quantitative estimate of drug-likeness (QED) is 0.742. The Morgan fingerprint density at radius 1 is 1.18 bits per heavy atom. The van der Waals surface area contributed by atoms with E-state index in [-0.39, 0.29) is 6.04 Å². The van der Waals surface area contributed by atoms with Crippen LogP contribution < -0.4 is 5.32 Å². The number of pyridine rings is 1. The molecule has 5 heteroatoms. The molecule has 112 valence electrons. The molecule has 1 unspecified atom stereocenters. The zero-order chi connectivity index (χ0) is 15.4. The van der Waals surface area contributed by atoms with E-state index >= 15 is 0 Å². The summed E-state index contributed by atoms with van der Waals surface area (Å²) < 4.78 is 2.92. The van der Waals surface area contributed by atoms with Gasteiger partial charge in [-0.05, 0) is 34.5 Å². The molecule has 0 aliphatic rings. The molecule has 22 heavy (non-hydrogen) atoms. The number of hydrogen-bond acceptors (Lipinski definition) is 3. The van der Waals surface area contributed by atoms with Gasteiger partial charge in [0.2, 0.25) is 0 Å². The number of nitrogens with one attached hydrogen (secondary N) is 1. The molecule has 3 aromatic rings. The molecule has 0 amide bonds. The molecule has 0 spiro atoms. The topological polar surface area (TPSA) is 42.7 Å². The molecular weight excluding hydrogens is 340 g/mol. The SMILES string of the molecule is CC(Nc1cncc(Br)c1)c1cnn(Cc2ccccc2)c1. The van der Waals surface area contributed by atoms with Gasteiger partial charge in [0.25, 0.3) is 0 Å². The summed E-state index contributed by atoms with van der Waals surface area (Å²) in [5.74, 6) is 0. The van der Waals surface area contributed by atoms with E-state index in [2.05, 4.69) is 56.6 Å². The van der Waals surface area contributed by atoms with Crippen LogP contribution in [0.4, 0.5) is 5.69 Å². The fourth-order valence-electron chi connectivity index (χ4n) is 2.28. The van der Waals surface area contributed by atoms with Gasteiger partial charge >= 0.3 is 0 Å². The van der Waals surface area contributed by atoms with Gasteiger partial charge in [0, 0.05) is 22.4 Å². The van der Waals surface area contributed by atoms with Gasteiger partial charge < -0.3 is 5.32 Å². The molecule has 1 aromatic carbocycles. The van der Waals surface area contributed by atoms with Crippen molar-refractivity contribution in [2.45, 2.75) is 19.5 Å². The Hall–Kier alpha value is -2.14. The van der Waals surface area contributed by atoms with E-state index in [1.54, 1.807) is 6.20 Å². The second kappa shape index (κ2) is 6.75. The van der Waals surface area contributed by atoms with Crippen molar-refractivity contribution < 1.29 is 0 Å². The lowest BCUT2D eigenvalue weighted by molar-refractivity contribution is 0.685. The number of anilines is 1. The van der Waals surface area contributed by atoms with Crippen LogP contribution >= 0.6 is 15.9 Å². The summed E-state index contributed by atoms with van der Waals surface area (Å²) in [5.41, 5.74) is 3.38. The average molecular weight is 357 g/mol. The first-order chi connectivity index (χ1) is 10.7. The van der Waals surface area contributed by atoms with Crippen molar-refractivity contribution in [3.63, 3.8) is 0 Å². The van der Waals surface area contributed by atoms with Crippen LogP contribution in [0.15, 0.2) is 65.7 Å². The highest BCUT2D eigenvalue weighted by Crippen LogP contribution is 2.20. The zero-order valence-corrected chi connectivity index (χ0v) is 13.9. The Morgan fingerprint density at radius 3 is 2.77 bits per heavy atom. The summed E-state index contributed by atoms with van der Waals surface area (Å²) in [4.78, 5) is 4.16. The third-order valence-corrected chi connectivity index (χ3v) is 3.86. The minimum Gasteiger partial charge on any atom is -0.377 e. The maximum Gasteiger partial charge on any atom is 0.0659 e. The second-order valence-electron chi connectivity index (χ2n) is 5.21. The molecular formula is C17H17BrN4. The fourth-order valence-corrected chi connectivity index (χ4v) is 2.65. The van der Waals surface area contributed by atoms with Crippen LogP contribution in [0.3, 0.4) is 0 Å². The van der Waals surface area contributed by atoms with Crippen LogP contribution in [-0.2, 0) is 6.54 Å². The first kappa shape index (κ1) is 14.8. The third-order valence-electron chi connectivity index (χ3n) is 3.43. The summed E-state index contributed by atoms with van der Waals surface area (Å²) in [7, 11) is 0. The van der Waals surface area contributed by atoms with Crippen LogP contribution in [0.25, 0.3) is 0 Å². The molecule has 4 nitrogen and oxygen atoms in total. The molecule has 2 heterocycles. The molecule has 3 rings (SSSR count). The fraction of sp³-hybridized carbons (Fsp3) is 0.176. The van der Waals surface area contributed by atoms with Crippen molar-refractivity contribution in [3.05, 3.63) is 76.8 Å². The van der Waals surface area contributed by atoms with Crippen molar-refractivity contribution in [2.75, 3.05) is 5.32 Å². The number of hydrogen-bond donors (Lipinski definition) is 1. The van der Waals surface area contributed by atoms with E-state index in [4.69, 9.17) is 0 Å². The summed E-state index contributed by atoms with van der Waals surface area (Å²) in [5, 5.41) is 7.87. The van der Waals surface area contributed by atoms with Crippen LogP contribution in [0.2, 0.25) is 0 Å².